The van der Waals surface area contributed by atoms with E-state index in [1.165, 1.54) is 5.56 Å². The first-order chi connectivity index (χ1) is 26.7. The maximum absolute atomic E-state index is 6.18. The first-order valence-electron chi connectivity index (χ1n) is 18.4. The molecule has 1 atom stereocenters. The Morgan fingerprint density at radius 2 is 1.43 bits per heavy atom. The molecule has 9 rings (SSSR count). The Balaban J connectivity index is 1.07. The highest BCUT2D eigenvalue weighted by Gasteiger charge is 2.17. The average Bonchev–Trinajstić information content (AvgIpc) is 3.63. The van der Waals surface area contributed by atoms with Crippen LogP contribution in [0, 0.1) is 0 Å². The molecule has 0 spiro atoms. The van der Waals surface area contributed by atoms with Crippen molar-refractivity contribution < 1.29 is 4.42 Å². The van der Waals surface area contributed by atoms with E-state index in [0.29, 0.717) is 29.8 Å². The van der Waals surface area contributed by atoms with Crippen molar-refractivity contribution in [2.24, 2.45) is 0 Å². The Morgan fingerprint density at radius 3 is 2.22 bits per heavy atom. The van der Waals surface area contributed by atoms with Crippen LogP contribution in [-0.4, -0.2) is 15.0 Å². The molecule has 0 amide bonds. The monoisotopic (exact) mass is 695 g/mol. The molecule has 1 aliphatic carbocycles. The molecule has 258 valence electrons. The van der Waals surface area contributed by atoms with Crippen molar-refractivity contribution in [3.05, 3.63) is 211 Å². The van der Waals surface area contributed by atoms with Crippen LogP contribution in [-0.2, 0) is 6.42 Å². The van der Waals surface area contributed by atoms with E-state index in [1.807, 2.05) is 48.6 Å². The maximum Gasteiger partial charge on any atom is 0.163 e. The van der Waals surface area contributed by atoms with Crippen molar-refractivity contribution in [3.63, 3.8) is 0 Å². The fourth-order valence-corrected chi connectivity index (χ4v) is 7.37. The SMILES string of the molecule is C=C/C=C(\C=C/Cc1nc(C2=CCC(c3ccccc3)C=C2)nc(-c2ccc3cc(-c4cccc5oc6ccccc6c45)ccc3c2)n1)c1ccccc1. The molecule has 4 heteroatoms. The summed E-state index contributed by atoms with van der Waals surface area (Å²) < 4.78 is 6.18. The second-order valence-corrected chi connectivity index (χ2v) is 13.6. The summed E-state index contributed by atoms with van der Waals surface area (Å²) in [6.45, 7) is 3.93. The second kappa shape index (κ2) is 14.6. The summed E-state index contributed by atoms with van der Waals surface area (Å²) in [5.74, 6) is 2.39. The number of allylic oxidation sites excluding steroid dienone is 9. The summed E-state index contributed by atoms with van der Waals surface area (Å²) in [5.41, 5.74) is 9.58. The first kappa shape index (κ1) is 33.0. The highest BCUT2D eigenvalue weighted by molar-refractivity contribution is 6.12. The van der Waals surface area contributed by atoms with Gasteiger partial charge in [-0.2, -0.15) is 0 Å². The van der Waals surface area contributed by atoms with Gasteiger partial charge in [0, 0.05) is 34.2 Å². The highest BCUT2D eigenvalue weighted by atomic mass is 16.3. The van der Waals surface area contributed by atoms with E-state index in [1.54, 1.807) is 0 Å². The molecule has 6 aromatic carbocycles. The molecule has 0 N–H and O–H groups in total. The number of hydrogen-bond acceptors (Lipinski definition) is 4. The number of nitrogens with zero attached hydrogens (tertiary/aromatic N) is 3. The van der Waals surface area contributed by atoms with Crippen molar-refractivity contribution in [1.29, 1.82) is 0 Å². The number of benzene rings is 6. The van der Waals surface area contributed by atoms with Crippen LogP contribution in [0.4, 0.5) is 0 Å². The molecule has 2 aromatic heterocycles. The summed E-state index contributed by atoms with van der Waals surface area (Å²) in [6.07, 6.45) is 16.2. The van der Waals surface area contributed by atoms with Gasteiger partial charge in [-0.15, -0.1) is 0 Å². The third-order valence-corrected chi connectivity index (χ3v) is 10.1. The van der Waals surface area contributed by atoms with Crippen LogP contribution in [0.2, 0.25) is 0 Å². The van der Waals surface area contributed by atoms with Gasteiger partial charge >= 0.3 is 0 Å². The minimum atomic E-state index is 0.330. The zero-order chi connectivity index (χ0) is 36.3. The Kier molecular flexibility index (Phi) is 8.92. The zero-order valence-corrected chi connectivity index (χ0v) is 29.8. The van der Waals surface area contributed by atoms with Gasteiger partial charge in [0.2, 0.25) is 0 Å². The number of aromatic nitrogens is 3. The van der Waals surface area contributed by atoms with E-state index in [9.17, 15) is 0 Å². The quantitative estimate of drug-likeness (QED) is 0.141. The molecule has 0 saturated heterocycles. The number of hydrogen-bond donors (Lipinski definition) is 0. The minimum absolute atomic E-state index is 0.330. The van der Waals surface area contributed by atoms with Crippen LogP contribution in [0.1, 0.15) is 35.1 Å². The topological polar surface area (TPSA) is 51.8 Å². The van der Waals surface area contributed by atoms with Crippen molar-refractivity contribution in [3.8, 4) is 22.5 Å². The largest absolute Gasteiger partial charge is 0.456 e. The van der Waals surface area contributed by atoms with Gasteiger partial charge in [-0.3, -0.25) is 0 Å². The van der Waals surface area contributed by atoms with Gasteiger partial charge in [-0.25, -0.2) is 15.0 Å². The maximum atomic E-state index is 6.18. The average molecular weight is 696 g/mol. The smallest absolute Gasteiger partial charge is 0.163 e. The van der Waals surface area contributed by atoms with E-state index < -0.39 is 0 Å². The Hall–Kier alpha value is -6.91. The van der Waals surface area contributed by atoms with Crippen molar-refractivity contribution in [2.45, 2.75) is 18.8 Å². The lowest BCUT2D eigenvalue weighted by atomic mass is 9.90. The molecule has 0 bridgehead atoms. The standard InChI is InChI=1S/C50H37N3O/c1-2-13-34(35-14-5-3-6-15-35)18-11-23-47-51-49(38-26-24-37(25-27-38)36-16-7-4-8-17-36)53-50(52-47)42-31-29-39-32-41(30-28-40(39)33-42)43-20-12-22-46-48(43)44-19-9-10-21-45(44)54-46/h2-22,24,26-33,37H,1,23,25H2/b18-11-,34-13+. The zero-order valence-electron chi connectivity index (χ0n) is 29.8. The molecule has 0 aliphatic heterocycles. The molecule has 0 radical (unpaired) electrons. The van der Waals surface area contributed by atoms with Crippen LogP contribution in [0.5, 0.6) is 0 Å². The fraction of sp³-hybridized carbons (Fsp3) is 0.0600. The fourth-order valence-electron chi connectivity index (χ4n) is 7.37. The Labute approximate surface area is 314 Å². The molecule has 0 fully saturated rings. The van der Waals surface area contributed by atoms with Crippen LogP contribution in [0.25, 0.3) is 66.4 Å². The molecule has 4 nitrogen and oxygen atoms in total. The predicted octanol–water partition coefficient (Wildman–Crippen LogP) is 12.8. The number of fused-ring (bicyclic) bond motifs is 4. The normalized spacial score (nSPS) is 14.6. The van der Waals surface area contributed by atoms with Crippen molar-refractivity contribution in [2.75, 3.05) is 0 Å². The van der Waals surface area contributed by atoms with E-state index in [0.717, 1.165) is 72.5 Å². The van der Waals surface area contributed by atoms with E-state index >= 15 is 0 Å². The summed E-state index contributed by atoms with van der Waals surface area (Å²) in [4.78, 5) is 15.1. The predicted molar refractivity (Wildman–Crippen MR) is 224 cm³/mol. The van der Waals surface area contributed by atoms with Crippen molar-refractivity contribution in [1.82, 2.24) is 15.0 Å². The summed E-state index contributed by atoms with van der Waals surface area (Å²) in [7, 11) is 0. The van der Waals surface area contributed by atoms with Gasteiger partial charge in [0.05, 0.1) is 0 Å². The lowest BCUT2D eigenvalue weighted by Crippen LogP contribution is -2.06. The summed E-state index contributed by atoms with van der Waals surface area (Å²) >= 11 is 0. The van der Waals surface area contributed by atoms with Gasteiger partial charge < -0.3 is 4.42 Å². The Morgan fingerprint density at radius 1 is 0.704 bits per heavy atom. The lowest BCUT2D eigenvalue weighted by molar-refractivity contribution is 0.669. The minimum Gasteiger partial charge on any atom is -0.456 e. The van der Waals surface area contributed by atoms with E-state index in [4.69, 9.17) is 19.4 Å². The molecular formula is C50H37N3O. The Bertz CT molecular complexity index is 2790. The molecule has 0 saturated carbocycles. The number of para-hydroxylation sites is 1. The molecule has 8 aromatic rings. The number of rotatable bonds is 9. The molecule has 1 unspecified atom stereocenters. The second-order valence-electron chi connectivity index (χ2n) is 13.6. The van der Waals surface area contributed by atoms with Crippen LogP contribution in [0.15, 0.2) is 193 Å². The van der Waals surface area contributed by atoms with Gasteiger partial charge in [0.25, 0.3) is 0 Å². The third-order valence-electron chi connectivity index (χ3n) is 10.1. The summed E-state index contributed by atoms with van der Waals surface area (Å²) in [5, 5.41) is 4.53. The summed E-state index contributed by atoms with van der Waals surface area (Å²) in [6, 6.07) is 48.6. The number of furan rings is 1. The molecule has 54 heavy (non-hydrogen) atoms. The van der Waals surface area contributed by atoms with E-state index in [2.05, 4.69) is 140 Å². The van der Waals surface area contributed by atoms with Crippen molar-refractivity contribution >= 4 is 43.9 Å². The lowest BCUT2D eigenvalue weighted by Gasteiger charge is -2.16. The van der Waals surface area contributed by atoms with Gasteiger partial charge in [-0.1, -0.05) is 164 Å². The van der Waals surface area contributed by atoms with Crippen LogP contribution >= 0.6 is 0 Å². The van der Waals surface area contributed by atoms with Gasteiger partial charge in [-0.05, 0) is 69.3 Å². The van der Waals surface area contributed by atoms with Crippen LogP contribution in [0.3, 0.4) is 0 Å². The molecule has 1 aliphatic rings. The van der Waals surface area contributed by atoms with Gasteiger partial charge in [0.1, 0.15) is 17.0 Å². The van der Waals surface area contributed by atoms with E-state index in [-0.39, 0.29) is 0 Å². The molecular weight excluding hydrogens is 659 g/mol. The third kappa shape index (κ3) is 6.62. The molecule has 2 heterocycles. The first-order valence-corrected chi connectivity index (χ1v) is 18.4. The highest BCUT2D eigenvalue weighted by Crippen LogP contribution is 2.38. The van der Waals surface area contributed by atoms with Crippen LogP contribution < -0.4 is 0 Å². The van der Waals surface area contributed by atoms with Gasteiger partial charge in [0.15, 0.2) is 11.6 Å².